The van der Waals surface area contributed by atoms with Gasteiger partial charge in [-0.15, -0.1) is 0 Å². The van der Waals surface area contributed by atoms with Crippen molar-refractivity contribution in [2.24, 2.45) is 9.98 Å². The minimum atomic E-state index is 0.422. The molecule has 0 saturated heterocycles. The molecule has 0 atom stereocenters. The van der Waals surface area contributed by atoms with Crippen LogP contribution in [-0.2, 0) is 0 Å². The molecule has 0 N–H and O–H groups in total. The van der Waals surface area contributed by atoms with E-state index in [0.717, 1.165) is 21.2 Å². The molecule has 0 aromatic heterocycles. The van der Waals surface area contributed by atoms with Crippen molar-refractivity contribution in [2.45, 2.75) is 0 Å². The Kier molecular flexibility index (Phi) is 2.90. The van der Waals surface area contributed by atoms with Crippen molar-refractivity contribution >= 4 is 33.5 Å². The second kappa shape index (κ2) is 4.56. The lowest BCUT2D eigenvalue weighted by molar-refractivity contribution is 1.25. The molecule has 1 heterocycles. The summed E-state index contributed by atoms with van der Waals surface area (Å²) in [5.41, 5.74) is 0. The zero-order valence-corrected chi connectivity index (χ0v) is 10.8. The predicted octanol–water partition coefficient (Wildman–Crippen LogP) is 1.25. The Bertz CT molecular complexity index is 780. The number of hydrogen-bond donors (Lipinski definition) is 0. The van der Waals surface area contributed by atoms with E-state index in [-0.39, 0.29) is 0 Å². The first-order valence-electron chi connectivity index (χ1n) is 5.43. The quantitative estimate of drug-likeness (QED) is 0.646. The maximum absolute atomic E-state index is 6.24. The second-order valence-corrected chi connectivity index (χ2v) is 4.56. The Morgan fingerprint density at radius 1 is 0.611 bits per heavy atom. The summed E-state index contributed by atoms with van der Waals surface area (Å²) in [6.45, 7) is 0. The Morgan fingerprint density at radius 3 is 1.44 bits per heavy atom. The second-order valence-electron chi connectivity index (χ2n) is 3.84. The van der Waals surface area contributed by atoms with Gasteiger partial charge in [-0.05, 0) is 24.3 Å². The van der Waals surface area contributed by atoms with Gasteiger partial charge in [0.2, 0.25) is 0 Å². The average molecular weight is 275 g/mol. The van der Waals surface area contributed by atoms with Crippen LogP contribution in [0.15, 0.2) is 58.5 Å². The summed E-state index contributed by atoms with van der Waals surface area (Å²) in [7, 11) is 0. The van der Waals surface area contributed by atoms with E-state index in [1.165, 1.54) is 0 Å². The van der Waals surface area contributed by atoms with Crippen molar-refractivity contribution in [2.75, 3.05) is 0 Å². The van der Waals surface area contributed by atoms with Crippen LogP contribution >= 0.6 is 23.2 Å². The molecule has 2 aromatic carbocycles. The molecular formula is C14H8Cl2N2. The lowest BCUT2D eigenvalue weighted by Gasteiger charge is -1.99. The molecule has 88 valence electrons. The highest BCUT2D eigenvalue weighted by atomic mass is 35.5. The fourth-order valence-corrected chi connectivity index (χ4v) is 2.32. The van der Waals surface area contributed by atoms with Crippen LogP contribution in [0.3, 0.4) is 0 Å². The van der Waals surface area contributed by atoms with Gasteiger partial charge in [0.25, 0.3) is 0 Å². The molecule has 4 heteroatoms. The molecule has 3 rings (SSSR count). The average Bonchev–Trinajstić information content (AvgIpc) is 2.38. The Labute approximate surface area is 113 Å². The Morgan fingerprint density at radius 2 is 1.00 bits per heavy atom. The van der Waals surface area contributed by atoms with E-state index in [0.29, 0.717) is 10.3 Å². The summed E-state index contributed by atoms with van der Waals surface area (Å²) < 4.78 is 0. The zero-order valence-electron chi connectivity index (χ0n) is 9.27. The Hall–Kier alpha value is -1.64. The van der Waals surface area contributed by atoms with Crippen LogP contribution in [0.2, 0.25) is 0 Å². The minimum Gasteiger partial charge on any atom is -0.235 e. The van der Waals surface area contributed by atoms with Crippen molar-refractivity contribution in [1.29, 1.82) is 0 Å². The van der Waals surface area contributed by atoms with E-state index in [9.17, 15) is 0 Å². The first kappa shape index (κ1) is 11.5. The van der Waals surface area contributed by atoms with E-state index in [1.54, 1.807) is 0 Å². The molecule has 0 spiro atoms. The van der Waals surface area contributed by atoms with Gasteiger partial charge in [0.05, 0.1) is 10.7 Å². The third-order valence-corrected chi connectivity index (χ3v) is 3.27. The number of fused-ring (bicyclic) bond motifs is 2. The number of hydrogen-bond acceptors (Lipinski definition) is 2. The van der Waals surface area contributed by atoms with Gasteiger partial charge in [0.1, 0.15) is 10.3 Å². The van der Waals surface area contributed by atoms with E-state index >= 15 is 0 Å². The molecule has 1 aliphatic rings. The molecular weight excluding hydrogens is 267 g/mol. The van der Waals surface area contributed by atoms with Crippen molar-refractivity contribution in [3.8, 4) is 0 Å². The van der Waals surface area contributed by atoms with Crippen LogP contribution in [0.5, 0.6) is 0 Å². The summed E-state index contributed by atoms with van der Waals surface area (Å²) in [4.78, 5) is 8.82. The molecule has 2 aromatic rings. The highest BCUT2D eigenvalue weighted by molar-refractivity contribution is 6.45. The molecule has 18 heavy (non-hydrogen) atoms. The highest BCUT2D eigenvalue weighted by Crippen LogP contribution is 2.03. The van der Waals surface area contributed by atoms with Gasteiger partial charge < -0.3 is 0 Å². The predicted molar refractivity (Wildman–Crippen MR) is 73.0 cm³/mol. The highest BCUT2D eigenvalue weighted by Gasteiger charge is 2.01. The van der Waals surface area contributed by atoms with Crippen LogP contribution in [0.25, 0.3) is 10.3 Å². The van der Waals surface area contributed by atoms with Gasteiger partial charge in [-0.3, -0.25) is 0 Å². The van der Waals surface area contributed by atoms with Gasteiger partial charge in [0, 0.05) is 10.4 Å². The lowest BCUT2D eigenvalue weighted by atomic mass is 10.2. The number of benzene rings is 2. The third kappa shape index (κ3) is 1.94. The van der Waals surface area contributed by atoms with Gasteiger partial charge in [-0.1, -0.05) is 47.5 Å². The van der Waals surface area contributed by atoms with Gasteiger partial charge in [0.15, 0.2) is 0 Å². The third-order valence-electron chi connectivity index (χ3n) is 2.69. The van der Waals surface area contributed by atoms with E-state index in [2.05, 4.69) is 9.98 Å². The molecule has 0 bridgehead atoms. The summed E-state index contributed by atoms with van der Waals surface area (Å²) in [6.07, 6.45) is 0. The van der Waals surface area contributed by atoms with Crippen molar-refractivity contribution in [3.63, 3.8) is 0 Å². The normalized spacial score (nSPS) is 13.7. The Balaban J connectivity index is 2.58. The molecule has 1 aliphatic heterocycles. The van der Waals surface area contributed by atoms with Crippen LogP contribution in [0, 0.1) is 0 Å². The van der Waals surface area contributed by atoms with Crippen molar-refractivity contribution in [1.82, 2.24) is 0 Å². The maximum atomic E-state index is 6.24. The van der Waals surface area contributed by atoms with Crippen LogP contribution in [-0.4, -0.2) is 0 Å². The molecule has 0 fully saturated rings. The van der Waals surface area contributed by atoms with Crippen molar-refractivity contribution in [3.05, 3.63) is 69.7 Å². The molecule has 2 nitrogen and oxygen atoms in total. The topological polar surface area (TPSA) is 24.7 Å². The summed E-state index contributed by atoms with van der Waals surface area (Å²) in [5, 5.41) is 3.87. The largest absolute Gasteiger partial charge is 0.235 e. The monoisotopic (exact) mass is 274 g/mol. The van der Waals surface area contributed by atoms with Gasteiger partial charge in [-0.2, -0.15) is 0 Å². The standard InChI is InChI=1S/C14H8Cl2N2/c15-13-9-5-1-3-7-11(9)17-14(16)10-6-2-4-8-12(10)18-13/h1-8H. The zero-order chi connectivity index (χ0) is 12.5. The van der Waals surface area contributed by atoms with Crippen LogP contribution in [0.1, 0.15) is 0 Å². The SMILES string of the molecule is ClC1=c2ccccc2=NC(Cl)=c2ccccc2=N1. The number of para-hydroxylation sites is 2. The first-order chi connectivity index (χ1) is 8.75. The van der Waals surface area contributed by atoms with Gasteiger partial charge in [-0.25, -0.2) is 9.98 Å². The molecule has 0 unspecified atom stereocenters. The molecule has 0 amide bonds. The van der Waals surface area contributed by atoms with Gasteiger partial charge >= 0.3 is 0 Å². The fourth-order valence-electron chi connectivity index (χ4n) is 1.82. The summed E-state index contributed by atoms with van der Waals surface area (Å²) in [5.74, 6) is 0. The molecule has 0 aliphatic carbocycles. The number of rotatable bonds is 0. The van der Waals surface area contributed by atoms with Crippen LogP contribution < -0.4 is 21.2 Å². The smallest absolute Gasteiger partial charge is 0.139 e. The molecule has 0 saturated carbocycles. The fraction of sp³-hybridized carbons (Fsp3) is 0. The van der Waals surface area contributed by atoms with Crippen LogP contribution in [0.4, 0.5) is 0 Å². The lowest BCUT2D eigenvalue weighted by Crippen LogP contribution is -2.32. The maximum Gasteiger partial charge on any atom is 0.139 e. The number of nitrogens with zero attached hydrogens (tertiary/aromatic N) is 2. The van der Waals surface area contributed by atoms with E-state index in [4.69, 9.17) is 23.2 Å². The van der Waals surface area contributed by atoms with Crippen molar-refractivity contribution < 1.29 is 0 Å². The minimum absolute atomic E-state index is 0.422. The van der Waals surface area contributed by atoms with E-state index < -0.39 is 0 Å². The summed E-state index contributed by atoms with van der Waals surface area (Å²) >= 11 is 12.5. The summed E-state index contributed by atoms with van der Waals surface area (Å²) in [6, 6.07) is 15.1. The van der Waals surface area contributed by atoms with E-state index in [1.807, 2.05) is 48.5 Å². The first-order valence-corrected chi connectivity index (χ1v) is 6.18. The number of halogens is 2. The molecule has 0 radical (unpaired) electrons.